The van der Waals surface area contributed by atoms with Crippen molar-refractivity contribution in [3.8, 4) is 0 Å². The molecular weight excluding hydrogens is 276 g/mol. The number of aryl methyl sites for hydroxylation is 2. The Morgan fingerprint density at radius 2 is 2.20 bits per heavy atom. The van der Waals surface area contributed by atoms with Crippen LogP contribution in [-0.2, 0) is 0 Å². The molecule has 0 fully saturated rings. The third-order valence-corrected chi connectivity index (χ3v) is 4.23. The maximum atomic E-state index is 11.5. The van der Waals surface area contributed by atoms with Crippen LogP contribution in [0.3, 0.4) is 0 Å². The number of aromatic nitrogens is 5. The van der Waals surface area contributed by atoms with Crippen LogP contribution in [-0.4, -0.2) is 24.8 Å². The predicted molar refractivity (Wildman–Crippen MR) is 77.2 cm³/mol. The lowest BCUT2D eigenvalue weighted by molar-refractivity contribution is 0.834. The van der Waals surface area contributed by atoms with Gasteiger partial charge in [0.15, 0.2) is 5.65 Å². The van der Waals surface area contributed by atoms with E-state index in [1.54, 1.807) is 23.5 Å². The van der Waals surface area contributed by atoms with Crippen molar-refractivity contribution in [1.29, 1.82) is 0 Å². The van der Waals surface area contributed by atoms with Crippen molar-refractivity contribution in [2.24, 2.45) is 0 Å². The third kappa shape index (κ3) is 2.18. The monoisotopic (exact) mass is 290 g/mol. The first-order chi connectivity index (χ1) is 9.54. The normalized spacial score (nSPS) is 12.8. The Morgan fingerprint density at radius 1 is 1.40 bits per heavy atom. The summed E-state index contributed by atoms with van der Waals surface area (Å²) in [6.45, 7) is 6.03. The minimum atomic E-state index is -0.346. The van der Waals surface area contributed by atoms with Crippen LogP contribution >= 0.6 is 11.3 Å². The van der Waals surface area contributed by atoms with Crippen molar-refractivity contribution >= 4 is 22.8 Å². The molecule has 2 N–H and O–H groups in total. The number of hydrogen-bond acceptors (Lipinski definition) is 6. The molecule has 0 radical (unpaired) electrons. The molecule has 3 heterocycles. The molecule has 104 valence electrons. The summed E-state index contributed by atoms with van der Waals surface area (Å²) in [6.07, 6.45) is 0. The highest BCUT2D eigenvalue weighted by atomic mass is 32.1. The van der Waals surface area contributed by atoms with Crippen molar-refractivity contribution in [3.63, 3.8) is 0 Å². The lowest BCUT2D eigenvalue weighted by Crippen LogP contribution is -2.15. The van der Waals surface area contributed by atoms with Gasteiger partial charge in [0, 0.05) is 4.88 Å². The fraction of sp³-hybridized carbons (Fsp3) is 0.333. The van der Waals surface area contributed by atoms with E-state index < -0.39 is 0 Å². The predicted octanol–water partition coefficient (Wildman–Crippen LogP) is 1.66. The van der Waals surface area contributed by atoms with Crippen LogP contribution in [0.15, 0.2) is 16.9 Å². The Labute approximate surface area is 118 Å². The Kier molecular flexibility index (Phi) is 3.01. The van der Waals surface area contributed by atoms with Crippen molar-refractivity contribution in [3.05, 3.63) is 38.2 Å². The Morgan fingerprint density at radius 3 is 2.90 bits per heavy atom. The molecule has 0 aliphatic carbocycles. The van der Waals surface area contributed by atoms with Gasteiger partial charge in [-0.25, -0.2) is 14.9 Å². The summed E-state index contributed by atoms with van der Waals surface area (Å²) in [4.78, 5) is 17.1. The number of hydrogen-bond donors (Lipinski definition) is 2. The lowest BCUT2D eigenvalue weighted by Gasteiger charge is -2.13. The average molecular weight is 290 g/mol. The molecule has 20 heavy (non-hydrogen) atoms. The van der Waals surface area contributed by atoms with Gasteiger partial charge in [0.05, 0.1) is 16.7 Å². The Bertz CT molecular complexity index is 817. The molecule has 0 bridgehead atoms. The van der Waals surface area contributed by atoms with Crippen LogP contribution in [0.25, 0.3) is 5.65 Å². The summed E-state index contributed by atoms with van der Waals surface area (Å²) in [6, 6.07) is 3.62. The molecule has 0 aliphatic heterocycles. The highest BCUT2D eigenvalue weighted by Gasteiger charge is 2.14. The highest BCUT2D eigenvalue weighted by molar-refractivity contribution is 7.11. The van der Waals surface area contributed by atoms with E-state index in [9.17, 15) is 4.79 Å². The van der Waals surface area contributed by atoms with Gasteiger partial charge in [0.1, 0.15) is 5.82 Å². The van der Waals surface area contributed by atoms with Gasteiger partial charge < -0.3 is 5.32 Å². The van der Waals surface area contributed by atoms with E-state index in [2.05, 4.69) is 25.6 Å². The second kappa shape index (κ2) is 4.71. The largest absolute Gasteiger partial charge is 0.364 e. The van der Waals surface area contributed by atoms with Crippen LogP contribution < -0.4 is 11.0 Å². The number of thiazole rings is 1. The molecule has 0 amide bonds. The van der Waals surface area contributed by atoms with Crippen molar-refractivity contribution < 1.29 is 0 Å². The van der Waals surface area contributed by atoms with Crippen molar-refractivity contribution in [2.75, 3.05) is 5.32 Å². The minimum absolute atomic E-state index is 0.0775. The molecule has 0 aliphatic rings. The third-order valence-electron chi connectivity index (χ3n) is 2.97. The molecule has 0 spiro atoms. The first-order valence-electron chi connectivity index (χ1n) is 6.19. The van der Waals surface area contributed by atoms with E-state index in [0.717, 1.165) is 10.7 Å². The average Bonchev–Trinajstić information content (AvgIpc) is 2.93. The van der Waals surface area contributed by atoms with Crippen LogP contribution in [0.4, 0.5) is 5.82 Å². The fourth-order valence-electron chi connectivity index (χ4n) is 2.12. The second-order valence-electron chi connectivity index (χ2n) is 4.57. The molecule has 0 aromatic carbocycles. The molecule has 3 aromatic rings. The summed E-state index contributed by atoms with van der Waals surface area (Å²) in [5.74, 6) is 0.624. The molecule has 3 aromatic heterocycles. The zero-order chi connectivity index (χ0) is 14.3. The zero-order valence-electron chi connectivity index (χ0n) is 11.3. The van der Waals surface area contributed by atoms with Crippen LogP contribution in [0.1, 0.15) is 28.5 Å². The van der Waals surface area contributed by atoms with Gasteiger partial charge in [-0.15, -0.1) is 16.4 Å². The molecule has 1 atom stereocenters. The fourth-order valence-corrected chi connectivity index (χ4v) is 3.05. The maximum Gasteiger partial charge on any atom is 0.364 e. The molecular formula is C12H14N6OS. The highest BCUT2D eigenvalue weighted by Crippen LogP contribution is 2.26. The number of nitrogens with one attached hydrogen (secondary N) is 2. The van der Waals surface area contributed by atoms with Gasteiger partial charge in [-0.05, 0) is 32.9 Å². The van der Waals surface area contributed by atoms with Gasteiger partial charge in [-0.2, -0.15) is 9.61 Å². The number of nitrogens with zero attached hydrogens (tertiary/aromatic N) is 4. The van der Waals surface area contributed by atoms with Crippen molar-refractivity contribution in [2.45, 2.75) is 26.8 Å². The summed E-state index contributed by atoms with van der Waals surface area (Å²) in [7, 11) is 0. The van der Waals surface area contributed by atoms with E-state index in [4.69, 9.17) is 0 Å². The van der Waals surface area contributed by atoms with E-state index in [1.807, 2.05) is 20.8 Å². The second-order valence-corrected chi connectivity index (χ2v) is 5.80. The smallest absolute Gasteiger partial charge is 0.361 e. The van der Waals surface area contributed by atoms with Crippen LogP contribution in [0.5, 0.6) is 0 Å². The summed E-state index contributed by atoms with van der Waals surface area (Å²) in [5, 5.41) is 14.7. The molecule has 1 unspecified atom stereocenters. The minimum Gasteiger partial charge on any atom is -0.361 e. The van der Waals surface area contributed by atoms with E-state index in [1.165, 1.54) is 9.39 Å². The number of anilines is 1. The Hall–Kier alpha value is -2.22. The lowest BCUT2D eigenvalue weighted by atomic mass is 10.2. The summed E-state index contributed by atoms with van der Waals surface area (Å²) < 4.78 is 1.24. The molecule has 0 saturated heterocycles. The Balaban J connectivity index is 1.90. The van der Waals surface area contributed by atoms with E-state index >= 15 is 0 Å². The number of H-pyrrole nitrogens is 1. The van der Waals surface area contributed by atoms with Gasteiger partial charge in [0.25, 0.3) is 0 Å². The maximum absolute atomic E-state index is 11.5. The number of aromatic amines is 1. The number of fused-ring (bicyclic) bond motifs is 1. The summed E-state index contributed by atoms with van der Waals surface area (Å²) >= 11 is 1.66. The molecule has 0 saturated carbocycles. The SMILES string of the molecule is Cc1nc(C)c(C(C)Nc2ccc3n[nH]c(=O)n3n2)s1. The first kappa shape index (κ1) is 12.8. The van der Waals surface area contributed by atoms with Gasteiger partial charge in [-0.1, -0.05) is 0 Å². The van der Waals surface area contributed by atoms with E-state index in [0.29, 0.717) is 11.5 Å². The van der Waals surface area contributed by atoms with Gasteiger partial charge in [0.2, 0.25) is 0 Å². The van der Waals surface area contributed by atoms with E-state index in [-0.39, 0.29) is 11.7 Å². The quantitative estimate of drug-likeness (QED) is 0.766. The molecule has 3 rings (SSSR count). The van der Waals surface area contributed by atoms with Crippen LogP contribution in [0, 0.1) is 13.8 Å². The zero-order valence-corrected chi connectivity index (χ0v) is 12.2. The van der Waals surface area contributed by atoms with Crippen molar-refractivity contribution in [1.82, 2.24) is 24.8 Å². The van der Waals surface area contributed by atoms with Gasteiger partial charge >= 0.3 is 5.69 Å². The summed E-state index contributed by atoms with van der Waals surface area (Å²) in [5.41, 5.74) is 1.17. The standard InChI is InChI=1S/C12H14N6OS/c1-6-11(20-8(3)13-6)7(2)14-9-4-5-10-15-16-12(19)18(10)17-9/h4-5,7H,1-3H3,(H,14,17)(H,16,19). The molecule has 8 heteroatoms. The van der Waals surface area contributed by atoms with Crippen LogP contribution in [0.2, 0.25) is 0 Å². The molecule has 7 nitrogen and oxygen atoms in total. The van der Waals surface area contributed by atoms with Gasteiger partial charge in [-0.3, -0.25) is 0 Å². The topological polar surface area (TPSA) is 88.0 Å². The number of rotatable bonds is 3. The first-order valence-corrected chi connectivity index (χ1v) is 7.01.